The van der Waals surface area contributed by atoms with Crippen molar-refractivity contribution in [1.29, 1.82) is 0 Å². The van der Waals surface area contributed by atoms with E-state index >= 15 is 0 Å². The van der Waals surface area contributed by atoms with Gasteiger partial charge in [-0.25, -0.2) is 9.97 Å². The number of nitrogens with zero attached hydrogens (tertiary/aromatic N) is 2. The summed E-state index contributed by atoms with van der Waals surface area (Å²) in [5, 5.41) is 0. The summed E-state index contributed by atoms with van der Waals surface area (Å²) in [6, 6.07) is 12.2. The lowest BCUT2D eigenvalue weighted by Crippen LogP contribution is -1.99. The molecule has 0 aliphatic rings. The Balaban J connectivity index is 2.50. The maximum Gasteiger partial charge on any atom is 0.159 e. The second kappa shape index (κ2) is 4.44. The largest absolute Gasteiger partial charge is 0.233 e. The maximum atomic E-state index is 4.59. The van der Waals surface area contributed by atoms with Gasteiger partial charge in [-0.2, -0.15) is 0 Å². The summed E-state index contributed by atoms with van der Waals surface area (Å²) in [7, 11) is 0. The molecular formula is C14H16N2. The predicted octanol–water partition coefficient (Wildman–Crippen LogP) is 3.58. The van der Waals surface area contributed by atoms with Crippen molar-refractivity contribution in [2.45, 2.75) is 26.7 Å². The molecule has 1 aromatic carbocycles. The van der Waals surface area contributed by atoms with Crippen LogP contribution in [0.3, 0.4) is 0 Å². The number of hydrogen-bond acceptors (Lipinski definition) is 2. The van der Waals surface area contributed by atoms with Gasteiger partial charge in [0.15, 0.2) is 5.82 Å². The molecule has 2 rings (SSSR count). The van der Waals surface area contributed by atoms with Gasteiger partial charge in [0.2, 0.25) is 0 Å². The van der Waals surface area contributed by atoms with E-state index in [1.165, 1.54) is 0 Å². The average molecular weight is 212 g/mol. The lowest BCUT2D eigenvalue weighted by molar-refractivity contribution is 0.812. The molecule has 1 heterocycles. The van der Waals surface area contributed by atoms with Crippen LogP contribution in [0.15, 0.2) is 36.4 Å². The molecule has 0 atom stereocenters. The highest BCUT2D eigenvalue weighted by molar-refractivity contribution is 5.54. The highest BCUT2D eigenvalue weighted by Crippen LogP contribution is 2.19. The average Bonchev–Trinajstić information content (AvgIpc) is 2.29. The minimum atomic E-state index is 0.434. The molecule has 16 heavy (non-hydrogen) atoms. The first-order valence-corrected chi connectivity index (χ1v) is 5.58. The topological polar surface area (TPSA) is 25.8 Å². The monoisotopic (exact) mass is 212 g/mol. The number of aryl methyl sites for hydroxylation is 1. The van der Waals surface area contributed by atoms with Crippen LogP contribution < -0.4 is 0 Å². The van der Waals surface area contributed by atoms with Crippen molar-refractivity contribution in [3.8, 4) is 11.4 Å². The Morgan fingerprint density at radius 2 is 1.69 bits per heavy atom. The van der Waals surface area contributed by atoms with Crippen LogP contribution in [0.4, 0.5) is 0 Å². The summed E-state index contributed by atoms with van der Waals surface area (Å²) < 4.78 is 0. The van der Waals surface area contributed by atoms with Crippen molar-refractivity contribution >= 4 is 0 Å². The fourth-order valence-corrected chi connectivity index (χ4v) is 1.60. The normalized spacial score (nSPS) is 10.8. The summed E-state index contributed by atoms with van der Waals surface area (Å²) >= 11 is 0. The van der Waals surface area contributed by atoms with Crippen molar-refractivity contribution < 1.29 is 0 Å². The Labute approximate surface area is 96.4 Å². The van der Waals surface area contributed by atoms with Gasteiger partial charge in [-0.3, -0.25) is 0 Å². The van der Waals surface area contributed by atoms with Gasteiger partial charge in [-0.05, 0) is 18.9 Å². The molecule has 1 aromatic heterocycles. The Bertz CT molecular complexity index is 475. The first kappa shape index (κ1) is 10.8. The van der Waals surface area contributed by atoms with E-state index in [0.29, 0.717) is 5.92 Å². The Morgan fingerprint density at radius 1 is 1.00 bits per heavy atom. The van der Waals surface area contributed by atoms with E-state index in [-0.39, 0.29) is 0 Å². The molecule has 0 aliphatic carbocycles. The van der Waals surface area contributed by atoms with Gasteiger partial charge in [0, 0.05) is 17.0 Å². The second-order valence-electron chi connectivity index (χ2n) is 4.28. The third kappa shape index (κ3) is 2.27. The molecule has 0 amide bonds. The van der Waals surface area contributed by atoms with E-state index < -0.39 is 0 Å². The zero-order valence-corrected chi connectivity index (χ0v) is 9.94. The van der Waals surface area contributed by atoms with Crippen molar-refractivity contribution in [3.63, 3.8) is 0 Å². The van der Waals surface area contributed by atoms with Crippen LogP contribution in [-0.4, -0.2) is 9.97 Å². The van der Waals surface area contributed by atoms with E-state index in [0.717, 1.165) is 22.8 Å². The molecule has 2 heteroatoms. The van der Waals surface area contributed by atoms with E-state index in [1.54, 1.807) is 0 Å². The van der Waals surface area contributed by atoms with Crippen LogP contribution in [0, 0.1) is 6.92 Å². The lowest BCUT2D eigenvalue weighted by atomic mass is 10.1. The van der Waals surface area contributed by atoms with E-state index in [4.69, 9.17) is 0 Å². The second-order valence-corrected chi connectivity index (χ2v) is 4.28. The van der Waals surface area contributed by atoms with Gasteiger partial charge in [0.25, 0.3) is 0 Å². The zero-order chi connectivity index (χ0) is 11.5. The Hall–Kier alpha value is -1.70. The third-order valence-electron chi connectivity index (χ3n) is 2.50. The van der Waals surface area contributed by atoms with Gasteiger partial charge >= 0.3 is 0 Å². The van der Waals surface area contributed by atoms with E-state index in [9.17, 15) is 0 Å². The minimum absolute atomic E-state index is 0.434. The highest BCUT2D eigenvalue weighted by Gasteiger charge is 2.06. The van der Waals surface area contributed by atoms with Crippen LogP contribution in [0.5, 0.6) is 0 Å². The summed E-state index contributed by atoms with van der Waals surface area (Å²) in [5.74, 6) is 1.26. The highest BCUT2D eigenvalue weighted by atomic mass is 14.9. The van der Waals surface area contributed by atoms with Crippen LogP contribution in [0.25, 0.3) is 11.4 Å². The smallest absolute Gasteiger partial charge is 0.159 e. The van der Waals surface area contributed by atoms with Crippen LogP contribution in [0.1, 0.15) is 31.2 Å². The third-order valence-corrected chi connectivity index (χ3v) is 2.50. The van der Waals surface area contributed by atoms with Gasteiger partial charge in [0.05, 0.1) is 0 Å². The summed E-state index contributed by atoms with van der Waals surface area (Å²) in [4.78, 5) is 9.07. The molecule has 0 unspecified atom stereocenters. The standard InChI is InChI=1S/C14H16N2/c1-10(2)13-9-11(3)15-14(16-13)12-7-5-4-6-8-12/h4-10H,1-3H3. The quantitative estimate of drug-likeness (QED) is 0.760. The van der Waals surface area contributed by atoms with Crippen molar-refractivity contribution in [3.05, 3.63) is 47.8 Å². The SMILES string of the molecule is Cc1cc(C(C)C)nc(-c2ccccc2)n1. The van der Waals surface area contributed by atoms with Crippen molar-refractivity contribution in [2.75, 3.05) is 0 Å². The molecule has 0 saturated heterocycles. The van der Waals surface area contributed by atoms with Gasteiger partial charge < -0.3 is 0 Å². The van der Waals surface area contributed by atoms with Crippen LogP contribution in [-0.2, 0) is 0 Å². The first-order valence-electron chi connectivity index (χ1n) is 5.58. The molecule has 0 spiro atoms. The van der Waals surface area contributed by atoms with Gasteiger partial charge in [-0.1, -0.05) is 44.2 Å². The molecule has 0 saturated carbocycles. The predicted molar refractivity (Wildman–Crippen MR) is 66.3 cm³/mol. The summed E-state index contributed by atoms with van der Waals surface area (Å²) in [6.45, 7) is 6.31. The fraction of sp³-hybridized carbons (Fsp3) is 0.286. The van der Waals surface area contributed by atoms with Crippen molar-refractivity contribution in [1.82, 2.24) is 9.97 Å². The Morgan fingerprint density at radius 3 is 2.31 bits per heavy atom. The summed E-state index contributed by atoms with van der Waals surface area (Å²) in [6.07, 6.45) is 0. The molecule has 0 radical (unpaired) electrons. The number of rotatable bonds is 2. The van der Waals surface area contributed by atoms with Crippen LogP contribution in [0.2, 0.25) is 0 Å². The van der Waals surface area contributed by atoms with Gasteiger partial charge in [0.1, 0.15) is 0 Å². The lowest BCUT2D eigenvalue weighted by Gasteiger charge is -2.08. The molecule has 0 N–H and O–H groups in total. The minimum Gasteiger partial charge on any atom is -0.233 e. The molecule has 2 aromatic rings. The molecule has 2 nitrogen and oxygen atoms in total. The van der Waals surface area contributed by atoms with E-state index in [1.807, 2.05) is 37.3 Å². The number of hydrogen-bond donors (Lipinski definition) is 0. The molecule has 0 bridgehead atoms. The molecule has 82 valence electrons. The molecule has 0 aliphatic heterocycles. The molecular weight excluding hydrogens is 196 g/mol. The van der Waals surface area contributed by atoms with E-state index in [2.05, 4.69) is 29.9 Å². The van der Waals surface area contributed by atoms with Crippen molar-refractivity contribution in [2.24, 2.45) is 0 Å². The molecule has 0 fully saturated rings. The Kier molecular flexibility index (Phi) is 3.00. The number of benzene rings is 1. The number of aromatic nitrogens is 2. The first-order chi connectivity index (χ1) is 7.66. The van der Waals surface area contributed by atoms with Gasteiger partial charge in [-0.15, -0.1) is 0 Å². The maximum absolute atomic E-state index is 4.59. The summed E-state index contributed by atoms with van der Waals surface area (Å²) in [5.41, 5.74) is 3.21. The fourth-order valence-electron chi connectivity index (χ4n) is 1.60. The van der Waals surface area contributed by atoms with Crippen LogP contribution >= 0.6 is 0 Å². The zero-order valence-electron chi connectivity index (χ0n) is 9.94.